The number of benzene rings is 1. The Kier molecular flexibility index (Phi) is 5.20. The second-order valence-electron chi connectivity index (χ2n) is 6.65. The first-order chi connectivity index (χ1) is 13.2. The predicted molar refractivity (Wildman–Crippen MR) is 110 cm³/mol. The standard InChI is InChI=1S/C20H24N6S/c1-15-23-24-19(25(15)2)14-22-20(21-11-9-17-7-5-13-27-17)26-12-10-16-6-3-4-8-18(16)26/h3-8,13H,9-12,14H2,1-2H3,(H,21,22). The minimum atomic E-state index is 0.511. The monoisotopic (exact) mass is 380 g/mol. The van der Waals surface area contributed by atoms with Crippen LogP contribution in [-0.2, 0) is 26.4 Å². The van der Waals surface area contributed by atoms with Gasteiger partial charge in [0.05, 0.1) is 0 Å². The lowest BCUT2D eigenvalue weighted by Crippen LogP contribution is -2.41. The van der Waals surface area contributed by atoms with E-state index in [9.17, 15) is 0 Å². The summed E-state index contributed by atoms with van der Waals surface area (Å²) in [6, 6.07) is 12.8. The number of nitrogens with one attached hydrogen (secondary N) is 1. The third-order valence-corrected chi connectivity index (χ3v) is 5.87. The molecule has 1 aliphatic rings. The Hall–Kier alpha value is -2.67. The molecule has 0 saturated heterocycles. The molecule has 0 atom stereocenters. The Morgan fingerprint density at radius 3 is 2.89 bits per heavy atom. The number of anilines is 1. The number of guanidine groups is 1. The van der Waals surface area contributed by atoms with Crippen LogP contribution in [0.15, 0.2) is 46.8 Å². The summed E-state index contributed by atoms with van der Waals surface area (Å²) >= 11 is 1.80. The van der Waals surface area contributed by atoms with Gasteiger partial charge in [-0.3, -0.25) is 0 Å². The molecule has 3 heterocycles. The topological polar surface area (TPSA) is 58.3 Å². The zero-order valence-corrected chi connectivity index (χ0v) is 16.5. The van der Waals surface area contributed by atoms with Gasteiger partial charge in [-0.05, 0) is 42.8 Å². The van der Waals surface area contributed by atoms with Gasteiger partial charge >= 0.3 is 0 Å². The Bertz CT molecular complexity index is 928. The van der Waals surface area contributed by atoms with Crippen molar-refractivity contribution in [1.29, 1.82) is 0 Å². The fourth-order valence-corrected chi connectivity index (χ4v) is 3.99. The van der Waals surface area contributed by atoms with Gasteiger partial charge < -0.3 is 14.8 Å². The van der Waals surface area contributed by atoms with Crippen LogP contribution in [0.2, 0.25) is 0 Å². The van der Waals surface area contributed by atoms with Crippen LogP contribution in [0.1, 0.15) is 22.1 Å². The second-order valence-corrected chi connectivity index (χ2v) is 7.68. The van der Waals surface area contributed by atoms with Crippen molar-refractivity contribution in [2.75, 3.05) is 18.0 Å². The molecule has 6 nitrogen and oxygen atoms in total. The lowest BCUT2D eigenvalue weighted by Gasteiger charge is -2.22. The largest absolute Gasteiger partial charge is 0.356 e. The fraction of sp³-hybridized carbons (Fsp3) is 0.350. The predicted octanol–water partition coefficient (Wildman–Crippen LogP) is 2.94. The van der Waals surface area contributed by atoms with Crippen molar-refractivity contribution in [2.24, 2.45) is 12.0 Å². The summed E-state index contributed by atoms with van der Waals surface area (Å²) in [5.74, 6) is 2.69. The minimum absolute atomic E-state index is 0.511. The van der Waals surface area contributed by atoms with E-state index in [0.717, 1.165) is 43.5 Å². The van der Waals surface area contributed by atoms with Gasteiger partial charge in [-0.2, -0.15) is 0 Å². The number of hydrogen-bond donors (Lipinski definition) is 1. The summed E-state index contributed by atoms with van der Waals surface area (Å²) in [4.78, 5) is 8.55. The Labute approximate surface area is 163 Å². The van der Waals surface area contributed by atoms with E-state index < -0.39 is 0 Å². The minimum Gasteiger partial charge on any atom is -0.356 e. The molecule has 0 amide bonds. The number of thiophene rings is 1. The van der Waals surface area contributed by atoms with Crippen LogP contribution >= 0.6 is 11.3 Å². The molecule has 1 N–H and O–H groups in total. The smallest absolute Gasteiger partial charge is 0.198 e. The third-order valence-electron chi connectivity index (χ3n) is 4.93. The molecule has 2 aromatic heterocycles. The highest BCUT2D eigenvalue weighted by Crippen LogP contribution is 2.27. The van der Waals surface area contributed by atoms with Gasteiger partial charge in [0.25, 0.3) is 0 Å². The summed E-state index contributed by atoms with van der Waals surface area (Å²) in [6.45, 7) is 4.27. The number of aryl methyl sites for hydroxylation is 1. The molecule has 0 unspecified atom stereocenters. The summed E-state index contributed by atoms with van der Waals surface area (Å²) in [5.41, 5.74) is 2.62. The third kappa shape index (κ3) is 3.88. The fourth-order valence-electron chi connectivity index (χ4n) is 3.28. The SMILES string of the molecule is Cc1nnc(CN=C(NCCc2cccs2)N2CCc3ccccc32)n1C. The van der Waals surface area contributed by atoms with E-state index in [0.29, 0.717) is 6.54 Å². The van der Waals surface area contributed by atoms with Crippen LogP contribution in [0.25, 0.3) is 0 Å². The van der Waals surface area contributed by atoms with Crippen LogP contribution in [0.4, 0.5) is 5.69 Å². The Morgan fingerprint density at radius 2 is 2.11 bits per heavy atom. The maximum atomic E-state index is 4.88. The maximum absolute atomic E-state index is 4.88. The van der Waals surface area contributed by atoms with Crippen LogP contribution in [-0.4, -0.2) is 33.8 Å². The van der Waals surface area contributed by atoms with Gasteiger partial charge in [-0.15, -0.1) is 21.5 Å². The molecule has 140 valence electrons. The van der Waals surface area contributed by atoms with E-state index in [1.165, 1.54) is 16.1 Å². The Morgan fingerprint density at radius 1 is 1.22 bits per heavy atom. The van der Waals surface area contributed by atoms with E-state index in [-0.39, 0.29) is 0 Å². The highest BCUT2D eigenvalue weighted by Gasteiger charge is 2.22. The molecule has 0 radical (unpaired) electrons. The maximum Gasteiger partial charge on any atom is 0.198 e. The summed E-state index contributed by atoms with van der Waals surface area (Å²) in [6.07, 6.45) is 2.04. The van der Waals surface area contributed by atoms with Crippen molar-refractivity contribution in [3.8, 4) is 0 Å². The molecule has 0 saturated carbocycles. The van der Waals surface area contributed by atoms with Crippen LogP contribution in [0.3, 0.4) is 0 Å². The molecular weight excluding hydrogens is 356 g/mol. The van der Waals surface area contributed by atoms with Crippen molar-refractivity contribution < 1.29 is 0 Å². The summed E-state index contributed by atoms with van der Waals surface area (Å²) in [7, 11) is 1.98. The van der Waals surface area contributed by atoms with Gasteiger partial charge in [0.2, 0.25) is 0 Å². The highest BCUT2D eigenvalue weighted by molar-refractivity contribution is 7.09. The lowest BCUT2D eigenvalue weighted by molar-refractivity contribution is 0.763. The molecule has 27 heavy (non-hydrogen) atoms. The van der Waals surface area contributed by atoms with Gasteiger partial charge in [0, 0.05) is 30.7 Å². The number of aromatic nitrogens is 3. The number of para-hydroxylation sites is 1. The molecule has 4 rings (SSSR count). The quantitative estimate of drug-likeness (QED) is 0.546. The van der Waals surface area contributed by atoms with E-state index in [1.807, 2.05) is 18.5 Å². The van der Waals surface area contributed by atoms with Crippen molar-refractivity contribution >= 4 is 23.0 Å². The van der Waals surface area contributed by atoms with Crippen molar-refractivity contribution in [1.82, 2.24) is 20.1 Å². The molecule has 0 spiro atoms. The van der Waals surface area contributed by atoms with Crippen molar-refractivity contribution in [3.63, 3.8) is 0 Å². The molecule has 3 aromatic rings. The van der Waals surface area contributed by atoms with Crippen LogP contribution < -0.4 is 10.2 Å². The summed E-state index contributed by atoms with van der Waals surface area (Å²) in [5, 5.41) is 14.1. The normalized spacial score (nSPS) is 13.9. The molecule has 0 fully saturated rings. The van der Waals surface area contributed by atoms with E-state index in [1.54, 1.807) is 11.3 Å². The van der Waals surface area contributed by atoms with Crippen molar-refractivity contribution in [3.05, 3.63) is 63.9 Å². The lowest BCUT2D eigenvalue weighted by atomic mass is 10.2. The first-order valence-corrected chi connectivity index (χ1v) is 10.1. The highest BCUT2D eigenvalue weighted by atomic mass is 32.1. The molecule has 0 aliphatic carbocycles. The molecule has 7 heteroatoms. The van der Waals surface area contributed by atoms with E-state index in [2.05, 4.69) is 62.2 Å². The van der Waals surface area contributed by atoms with E-state index in [4.69, 9.17) is 4.99 Å². The number of nitrogens with zero attached hydrogens (tertiary/aromatic N) is 5. The first kappa shape index (κ1) is 17.7. The Balaban J connectivity index is 1.53. The zero-order chi connectivity index (χ0) is 18.6. The van der Waals surface area contributed by atoms with Gasteiger partial charge in [0.15, 0.2) is 11.8 Å². The molecular formula is C20H24N6S. The summed E-state index contributed by atoms with van der Waals surface area (Å²) < 4.78 is 1.99. The number of rotatable bonds is 5. The van der Waals surface area contributed by atoms with Gasteiger partial charge in [0.1, 0.15) is 12.4 Å². The molecule has 1 aliphatic heterocycles. The second kappa shape index (κ2) is 7.92. The molecule has 0 bridgehead atoms. The average Bonchev–Trinajstić information content (AvgIpc) is 3.41. The average molecular weight is 381 g/mol. The zero-order valence-electron chi connectivity index (χ0n) is 15.7. The number of hydrogen-bond acceptors (Lipinski definition) is 4. The van der Waals surface area contributed by atoms with Gasteiger partial charge in [-0.1, -0.05) is 24.3 Å². The van der Waals surface area contributed by atoms with E-state index >= 15 is 0 Å². The first-order valence-electron chi connectivity index (χ1n) is 9.23. The van der Waals surface area contributed by atoms with Crippen molar-refractivity contribution in [2.45, 2.75) is 26.3 Å². The number of fused-ring (bicyclic) bond motifs is 1. The number of aliphatic imine (C=N–C) groups is 1. The van der Waals surface area contributed by atoms with Gasteiger partial charge in [-0.25, -0.2) is 4.99 Å². The van der Waals surface area contributed by atoms with Crippen LogP contribution in [0, 0.1) is 6.92 Å². The van der Waals surface area contributed by atoms with Crippen LogP contribution in [0.5, 0.6) is 0 Å². The molecule has 1 aromatic carbocycles.